The van der Waals surface area contributed by atoms with Crippen LogP contribution in [0.1, 0.15) is 35.5 Å². The number of rotatable bonds is 5. The van der Waals surface area contributed by atoms with Gasteiger partial charge in [0.25, 0.3) is 0 Å². The van der Waals surface area contributed by atoms with Crippen molar-refractivity contribution in [2.75, 3.05) is 0 Å². The number of esters is 1. The van der Waals surface area contributed by atoms with Gasteiger partial charge in [0.15, 0.2) is 0 Å². The molecule has 6 heteroatoms. The number of carbonyl (C=O) groups excluding carboxylic acids is 1. The molecule has 1 heterocycles. The van der Waals surface area contributed by atoms with E-state index >= 15 is 0 Å². The van der Waals surface area contributed by atoms with Gasteiger partial charge in [-0.3, -0.25) is 0 Å². The predicted octanol–water partition coefficient (Wildman–Crippen LogP) is 5.16. The zero-order chi connectivity index (χ0) is 18.8. The van der Waals surface area contributed by atoms with Crippen molar-refractivity contribution in [3.05, 3.63) is 64.9 Å². The standard InChI is InChI=1S/C20H18F2O4/c1-11(2)25-20(23)19-12(3)26-18-7-6-15(9-16(18)19)24-10-13-4-5-14(21)8-17(13)22/h4-9,11H,10H2,1-3H3. The Bertz CT molecular complexity index is 960. The first-order valence-electron chi connectivity index (χ1n) is 8.16. The highest BCUT2D eigenvalue weighted by molar-refractivity contribution is 6.04. The molecule has 26 heavy (non-hydrogen) atoms. The molecule has 0 atom stereocenters. The molecule has 0 fully saturated rings. The van der Waals surface area contributed by atoms with Gasteiger partial charge in [-0.2, -0.15) is 0 Å². The molecule has 1 aromatic heterocycles. The Balaban J connectivity index is 1.87. The van der Waals surface area contributed by atoms with Crippen molar-refractivity contribution in [2.24, 2.45) is 0 Å². The third-order valence-electron chi connectivity index (χ3n) is 3.79. The van der Waals surface area contributed by atoms with Gasteiger partial charge in [0.05, 0.1) is 6.10 Å². The number of halogens is 2. The van der Waals surface area contributed by atoms with E-state index in [-0.39, 0.29) is 18.3 Å². The number of furan rings is 1. The number of ether oxygens (including phenoxy) is 2. The van der Waals surface area contributed by atoms with E-state index in [9.17, 15) is 13.6 Å². The first kappa shape index (κ1) is 17.9. The van der Waals surface area contributed by atoms with Gasteiger partial charge < -0.3 is 13.9 Å². The highest BCUT2D eigenvalue weighted by Crippen LogP contribution is 2.30. The summed E-state index contributed by atoms with van der Waals surface area (Å²) < 4.78 is 43.1. The van der Waals surface area contributed by atoms with Crippen LogP contribution in [0.5, 0.6) is 5.75 Å². The largest absolute Gasteiger partial charge is 0.489 e. The van der Waals surface area contributed by atoms with Crippen molar-refractivity contribution < 1.29 is 27.5 Å². The number of aryl methyl sites for hydroxylation is 1. The van der Waals surface area contributed by atoms with Gasteiger partial charge >= 0.3 is 5.97 Å². The minimum absolute atomic E-state index is 0.0692. The Labute approximate surface area is 149 Å². The lowest BCUT2D eigenvalue weighted by molar-refractivity contribution is 0.0378. The minimum atomic E-state index is -0.675. The monoisotopic (exact) mass is 360 g/mol. The van der Waals surface area contributed by atoms with Gasteiger partial charge in [-0.15, -0.1) is 0 Å². The smallest absolute Gasteiger partial charge is 0.342 e. The average molecular weight is 360 g/mol. The summed E-state index contributed by atoms with van der Waals surface area (Å²) in [5.41, 5.74) is 1.10. The van der Waals surface area contributed by atoms with Crippen LogP contribution in [0.3, 0.4) is 0 Å². The summed E-state index contributed by atoms with van der Waals surface area (Å²) in [5.74, 6) is -0.910. The zero-order valence-electron chi connectivity index (χ0n) is 14.6. The average Bonchev–Trinajstić information content (AvgIpc) is 2.88. The number of fused-ring (bicyclic) bond motifs is 1. The molecule has 0 unspecified atom stereocenters. The molecule has 4 nitrogen and oxygen atoms in total. The van der Waals surface area contributed by atoms with Gasteiger partial charge in [-0.1, -0.05) is 0 Å². The SMILES string of the molecule is Cc1oc2ccc(OCc3ccc(F)cc3F)cc2c1C(=O)OC(C)C. The van der Waals surface area contributed by atoms with Crippen LogP contribution >= 0.6 is 0 Å². The highest BCUT2D eigenvalue weighted by atomic mass is 19.1. The third-order valence-corrected chi connectivity index (χ3v) is 3.79. The molecule has 0 bridgehead atoms. The molecule has 0 amide bonds. The van der Waals surface area contributed by atoms with E-state index < -0.39 is 17.6 Å². The summed E-state index contributed by atoms with van der Waals surface area (Å²) in [4.78, 5) is 12.3. The molecule has 0 saturated carbocycles. The van der Waals surface area contributed by atoms with Crippen LogP contribution in [0.15, 0.2) is 40.8 Å². The molecule has 0 saturated heterocycles. The van der Waals surface area contributed by atoms with Crippen molar-refractivity contribution in [1.82, 2.24) is 0 Å². The molecule has 3 rings (SSSR count). The van der Waals surface area contributed by atoms with Gasteiger partial charge in [0.1, 0.15) is 40.9 Å². The number of hydrogen-bond donors (Lipinski definition) is 0. The molecular formula is C20H18F2O4. The van der Waals surface area contributed by atoms with Crippen molar-refractivity contribution in [3.63, 3.8) is 0 Å². The zero-order valence-corrected chi connectivity index (χ0v) is 14.6. The van der Waals surface area contributed by atoms with Crippen LogP contribution in [-0.4, -0.2) is 12.1 Å². The number of benzene rings is 2. The molecule has 3 aromatic rings. The van der Waals surface area contributed by atoms with Crippen molar-refractivity contribution in [1.29, 1.82) is 0 Å². The predicted molar refractivity (Wildman–Crippen MR) is 92.2 cm³/mol. The van der Waals surface area contributed by atoms with Gasteiger partial charge in [0.2, 0.25) is 0 Å². The lowest BCUT2D eigenvalue weighted by Crippen LogP contribution is -2.12. The van der Waals surface area contributed by atoms with E-state index in [2.05, 4.69) is 0 Å². The molecule has 0 aliphatic carbocycles. The lowest BCUT2D eigenvalue weighted by atomic mass is 10.1. The van der Waals surface area contributed by atoms with Crippen LogP contribution in [0.2, 0.25) is 0 Å². The fourth-order valence-corrected chi connectivity index (χ4v) is 2.62. The molecular weight excluding hydrogens is 342 g/mol. The molecule has 2 aromatic carbocycles. The highest BCUT2D eigenvalue weighted by Gasteiger charge is 2.21. The number of carbonyl (C=O) groups is 1. The molecule has 136 valence electrons. The summed E-state index contributed by atoms with van der Waals surface area (Å²) in [5, 5.41) is 0.560. The van der Waals surface area contributed by atoms with Crippen molar-refractivity contribution in [2.45, 2.75) is 33.5 Å². The maximum Gasteiger partial charge on any atom is 0.342 e. The van der Waals surface area contributed by atoms with Crippen LogP contribution in [0, 0.1) is 18.6 Å². The van der Waals surface area contributed by atoms with E-state index in [1.165, 1.54) is 12.1 Å². The Morgan fingerprint density at radius 1 is 1.15 bits per heavy atom. The quantitative estimate of drug-likeness (QED) is 0.590. The van der Waals surface area contributed by atoms with Crippen LogP contribution < -0.4 is 4.74 Å². The van der Waals surface area contributed by atoms with Crippen molar-refractivity contribution in [3.8, 4) is 5.75 Å². The van der Waals surface area contributed by atoms with E-state index in [0.29, 0.717) is 28.0 Å². The maximum absolute atomic E-state index is 13.7. The second kappa shape index (κ2) is 7.15. The Morgan fingerprint density at radius 3 is 2.62 bits per heavy atom. The minimum Gasteiger partial charge on any atom is -0.489 e. The summed E-state index contributed by atoms with van der Waals surface area (Å²) in [6.45, 7) is 5.15. The molecule has 0 aliphatic rings. The van der Waals surface area contributed by atoms with E-state index in [4.69, 9.17) is 13.9 Å². The van der Waals surface area contributed by atoms with E-state index in [1.807, 2.05) is 0 Å². The Hall–Kier alpha value is -2.89. The number of hydrogen-bond acceptors (Lipinski definition) is 4. The topological polar surface area (TPSA) is 48.7 Å². The molecule has 0 aliphatic heterocycles. The van der Waals surface area contributed by atoms with Crippen LogP contribution in [0.4, 0.5) is 8.78 Å². The fourth-order valence-electron chi connectivity index (χ4n) is 2.62. The van der Waals surface area contributed by atoms with E-state index in [1.54, 1.807) is 39.0 Å². The van der Waals surface area contributed by atoms with Gasteiger partial charge in [0, 0.05) is 17.0 Å². The molecule has 0 radical (unpaired) electrons. The second-order valence-corrected chi connectivity index (χ2v) is 6.17. The fraction of sp³-hybridized carbons (Fsp3) is 0.250. The lowest BCUT2D eigenvalue weighted by Gasteiger charge is -2.09. The van der Waals surface area contributed by atoms with Crippen LogP contribution in [-0.2, 0) is 11.3 Å². The van der Waals surface area contributed by atoms with Crippen LogP contribution in [0.25, 0.3) is 11.0 Å². The Morgan fingerprint density at radius 2 is 1.92 bits per heavy atom. The summed E-state index contributed by atoms with van der Waals surface area (Å²) in [6, 6.07) is 8.28. The van der Waals surface area contributed by atoms with Gasteiger partial charge in [-0.25, -0.2) is 13.6 Å². The molecule has 0 spiro atoms. The third kappa shape index (κ3) is 3.69. The summed E-state index contributed by atoms with van der Waals surface area (Å²) in [7, 11) is 0. The molecule has 0 N–H and O–H groups in total. The van der Waals surface area contributed by atoms with E-state index in [0.717, 1.165) is 6.07 Å². The second-order valence-electron chi connectivity index (χ2n) is 6.17. The van der Waals surface area contributed by atoms with Crippen molar-refractivity contribution >= 4 is 16.9 Å². The Kier molecular flexibility index (Phi) is 4.93. The maximum atomic E-state index is 13.7. The summed E-state index contributed by atoms with van der Waals surface area (Å²) in [6.07, 6.45) is -0.257. The first-order valence-corrected chi connectivity index (χ1v) is 8.16. The summed E-state index contributed by atoms with van der Waals surface area (Å²) >= 11 is 0. The normalized spacial score (nSPS) is 11.2. The first-order chi connectivity index (χ1) is 12.3. The van der Waals surface area contributed by atoms with Gasteiger partial charge in [-0.05, 0) is 51.1 Å².